The number of aromatic nitrogens is 3. The fourth-order valence-corrected chi connectivity index (χ4v) is 2.32. The van der Waals surface area contributed by atoms with Gasteiger partial charge in [0, 0.05) is 4.47 Å². The lowest BCUT2D eigenvalue weighted by Crippen LogP contribution is -2.47. The van der Waals surface area contributed by atoms with Crippen LogP contribution in [0.4, 0.5) is 5.95 Å². The monoisotopic (exact) mass is 365 g/mol. The van der Waals surface area contributed by atoms with Crippen molar-refractivity contribution < 1.29 is 9.59 Å². The van der Waals surface area contributed by atoms with E-state index in [2.05, 4.69) is 41.7 Å². The second-order valence-electron chi connectivity index (χ2n) is 5.00. The van der Waals surface area contributed by atoms with E-state index in [0.717, 1.165) is 0 Å². The second-order valence-corrected chi connectivity index (χ2v) is 5.85. The van der Waals surface area contributed by atoms with Crippen LogP contribution in [0.1, 0.15) is 24.2 Å². The Balaban J connectivity index is 2.10. The quantitative estimate of drug-likeness (QED) is 0.753. The van der Waals surface area contributed by atoms with Gasteiger partial charge in [0.1, 0.15) is 12.4 Å². The average Bonchev–Trinajstić information content (AvgIpc) is 2.97. The molecule has 0 bridgehead atoms. The van der Waals surface area contributed by atoms with Gasteiger partial charge < -0.3 is 5.32 Å². The van der Waals surface area contributed by atoms with Crippen LogP contribution >= 0.6 is 15.9 Å². The smallest absolute Gasteiger partial charge is 0.253 e. The van der Waals surface area contributed by atoms with E-state index in [1.807, 2.05) is 19.9 Å². The van der Waals surface area contributed by atoms with E-state index in [0.29, 0.717) is 10.0 Å². The van der Waals surface area contributed by atoms with E-state index in [4.69, 9.17) is 0 Å². The zero-order valence-corrected chi connectivity index (χ0v) is 13.7. The van der Waals surface area contributed by atoms with Gasteiger partial charge >= 0.3 is 0 Å². The molecule has 1 aromatic carbocycles. The molecular formula is C14H16BrN5O2. The van der Waals surface area contributed by atoms with Crippen molar-refractivity contribution in [1.29, 1.82) is 0 Å². The first-order chi connectivity index (χ1) is 10.5. The summed E-state index contributed by atoms with van der Waals surface area (Å²) in [5.41, 5.74) is 0.473. The summed E-state index contributed by atoms with van der Waals surface area (Å²) in [6, 6.07) is 6.35. The van der Waals surface area contributed by atoms with Gasteiger partial charge in [-0.2, -0.15) is 10.1 Å². The first-order valence-corrected chi connectivity index (χ1v) is 7.50. The molecule has 1 atom stereocenters. The minimum Gasteiger partial charge on any atom is -0.340 e. The molecule has 116 valence electrons. The Hall–Kier alpha value is -2.22. The Morgan fingerprint density at radius 3 is 2.59 bits per heavy atom. The molecule has 2 amide bonds. The third kappa shape index (κ3) is 3.91. The molecule has 0 radical (unpaired) electrons. The van der Waals surface area contributed by atoms with E-state index in [9.17, 15) is 9.59 Å². The third-order valence-electron chi connectivity index (χ3n) is 3.01. The molecule has 0 fully saturated rings. The van der Waals surface area contributed by atoms with Crippen molar-refractivity contribution in [2.75, 3.05) is 5.32 Å². The molecule has 1 aromatic heterocycles. The Morgan fingerprint density at radius 2 is 2.00 bits per heavy atom. The molecule has 2 aromatic rings. The number of aromatic amines is 1. The molecule has 0 spiro atoms. The van der Waals surface area contributed by atoms with Gasteiger partial charge in [0.2, 0.25) is 11.9 Å². The Kier molecular flexibility index (Phi) is 5.26. The lowest BCUT2D eigenvalue weighted by Gasteiger charge is -2.21. The summed E-state index contributed by atoms with van der Waals surface area (Å²) in [7, 11) is 0. The van der Waals surface area contributed by atoms with Crippen molar-refractivity contribution in [2.24, 2.45) is 5.92 Å². The normalized spacial score (nSPS) is 12.0. The Morgan fingerprint density at radius 1 is 1.27 bits per heavy atom. The molecule has 0 saturated carbocycles. The number of H-pyrrole nitrogens is 1. The van der Waals surface area contributed by atoms with Crippen molar-refractivity contribution in [3.63, 3.8) is 0 Å². The molecule has 0 aliphatic carbocycles. The summed E-state index contributed by atoms with van der Waals surface area (Å²) in [6.07, 6.45) is 1.29. The highest BCUT2D eigenvalue weighted by Crippen LogP contribution is 2.16. The minimum atomic E-state index is -0.690. The standard InChI is InChI=1S/C14H16BrN5O2/c1-8(2)11(13(22)19-14-16-7-17-20-14)18-12(21)9-5-3-4-6-10(9)15/h3-8,11H,1-2H3,(H,18,21)(H2,16,17,19,20,22). The van der Waals surface area contributed by atoms with Crippen LogP contribution < -0.4 is 10.6 Å². The van der Waals surface area contributed by atoms with E-state index in [1.54, 1.807) is 18.2 Å². The van der Waals surface area contributed by atoms with Crippen LogP contribution in [0.5, 0.6) is 0 Å². The highest BCUT2D eigenvalue weighted by atomic mass is 79.9. The summed E-state index contributed by atoms with van der Waals surface area (Å²) >= 11 is 3.32. The summed E-state index contributed by atoms with van der Waals surface area (Å²) < 4.78 is 0.672. The SMILES string of the molecule is CC(C)C(NC(=O)c1ccccc1Br)C(=O)Nc1ncn[nH]1. The van der Waals surface area contributed by atoms with Gasteiger partial charge in [-0.05, 0) is 34.0 Å². The van der Waals surface area contributed by atoms with Gasteiger partial charge in [-0.15, -0.1) is 0 Å². The second kappa shape index (κ2) is 7.17. The van der Waals surface area contributed by atoms with Gasteiger partial charge in [0.25, 0.3) is 5.91 Å². The topological polar surface area (TPSA) is 99.8 Å². The molecule has 3 N–H and O–H groups in total. The zero-order chi connectivity index (χ0) is 16.1. The number of halogens is 1. The zero-order valence-electron chi connectivity index (χ0n) is 12.1. The van der Waals surface area contributed by atoms with Crippen LogP contribution in [-0.4, -0.2) is 33.0 Å². The number of carbonyl (C=O) groups is 2. The van der Waals surface area contributed by atoms with Crippen molar-refractivity contribution in [2.45, 2.75) is 19.9 Å². The maximum Gasteiger partial charge on any atom is 0.253 e. The number of hydrogen-bond acceptors (Lipinski definition) is 4. The van der Waals surface area contributed by atoms with Crippen molar-refractivity contribution in [3.8, 4) is 0 Å². The highest BCUT2D eigenvalue weighted by Gasteiger charge is 2.25. The predicted octanol–water partition coefficient (Wildman–Crippen LogP) is 1.96. The van der Waals surface area contributed by atoms with Gasteiger partial charge in [-0.3, -0.25) is 14.9 Å². The molecule has 0 aliphatic rings. The van der Waals surface area contributed by atoms with Crippen LogP contribution in [0.25, 0.3) is 0 Å². The van der Waals surface area contributed by atoms with E-state index < -0.39 is 6.04 Å². The summed E-state index contributed by atoms with van der Waals surface area (Å²) in [4.78, 5) is 28.4. The van der Waals surface area contributed by atoms with Gasteiger partial charge in [-0.25, -0.2) is 5.10 Å². The molecule has 0 aliphatic heterocycles. The van der Waals surface area contributed by atoms with Gasteiger partial charge in [0.15, 0.2) is 0 Å². The maximum atomic E-state index is 12.3. The summed E-state index contributed by atoms with van der Waals surface area (Å²) in [6.45, 7) is 3.70. The van der Waals surface area contributed by atoms with Crippen LogP contribution in [0, 0.1) is 5.92 Å². The Labute approximate surface area is 136 Å². The van der Waals surface area contributed by atoms with Crippen molar-refractivity contribution >= 4 is 33.7 Å². The van der Waals surface area contributed by atoms with Crippen LogP contribution in [-0.2, 0) is 4.79 Å². The van der Waals surface area contributed by atoms with Crippen LogP contribution in [0.2, 0.25) is 0 Å². The third-order valence-corrected chi connectivity index (χ3v) is 3.70. The predicted molar refractivity (Wildman–Crippen MR) is 85.2 cm³/mol. The number of amides is 2. The Bertz CT molecular complexity index is 657. The largest absolute Gasteiger partial charge is 0.340 e. The number of nitrogens with zero attached hydrogens (tertiary/aromatic N) is 2. The molecule has 8 heteroatoms. The molecule has 1 heterocycles. The summed E-state index contributed by atoms with van der Waals surface area (Å²) in [5, 5.41) is 11.5. The summed E-state index contributed by atoms with van der Waals surface area (Å²) in [5.74, 6) is -0.522. The fraction of sp³-hybridized carbons (Fsp3) is 0.286. The number of hydrogen-bond donors (Lipinski definition) is 3. The lowest BCUT2D eigenvalue weighted by molar-refractivity contribution is -0.118. The number of nitrogens with one attached hydrogen (secondary N) is 3. The van der Waals surface area contributed by atoms with E-state index in [-0.39, 0.29) is 23.7 Å². The number of benzene rings is 1. The lowest BCUT2D eigenvalue weighted by atomic mass is 10.0. The van der Waals surface area contributed by atoms with Crippen LogP contribution in [0.15, 0.2) is 35.1 Å². The molecule has 7 nitrogen and oxygen atoms in total. The number of anilines is 1. The first kappa shape index (κ1) is 16.2. The number of carbonyl (C=O) groups excluding carboxylic acids is 2. The molecular weight excluding hydrogens is 350 g/mol. The highest BCUT2D eigenvalue weighted by molar-refractivity contribution is 9.10. The molecule has 0 saturated heterocycles. The van der Waals surface area contributed by atoms with Crippen molar-refractivity contribution in [1.82, 2.24) is 20.5 Å². The minimum absolute atomic E-state index is 0.0886. The van der Waals surface area contributed by atoms with Gasteiger partial charge in [0.05, 0.1) is 5.56 Å². The molecule has 2 rings (SSSR count). The van der Waals surface area contributed by atoms with Crippen molar-refractivity contribution in [3.05, 3.63) is 40.6 Å². The average molecular weight is 366 g/mol. The van der Waals surface area contributed by atoms with E-state index in [1.165, 1.54) is 6.33 Å². The number of rotatable bonds is 5. The maximum absolute atomic E-state index is 12.3. The fourth-order valence-electron chi connectivity index (χ4n) is 1.86. The molecule has 22 heavy (non-hydrogen) atoms. The molecule has 1 unspecified atom stereocenters. The van der Waals surface area contributed by atoms with E-state index >= 15 is 0 Å². The first-order valence-electron chi connectivity index (χ1n) is 6.70. The van der Waals surface area contributed by atoms with Gasteiger partial charge in [-0.1, -0.05) is 26.0 Å². The van der Waals surface area contributed by atoms with Crippen LogP contribution in [0.3, 0.4) is 0 Å².